The molecule has 0 unspecified atom stereocenters. The van der Waals surface area contributed by atoms with Crippen molar-refractivity contribution in [3.63, 3.8) is 0 Å². The molecule has 2 aliphatic heterocycles. The Bertz CT molecular complexity index is 1680. The van der Waals surface area contributed by atoms with Crippen LogP contribution in [0.15, 0.2) is 69.7 Å². The van der Waals surface area contributed by atoms with Crippen LogP contribution < -0.4 is 10.6 Å². The Labute approximate surface area is 278 Å². The zero-order valence-corrected chi connectivity index (χ0v) is 27.0. The second kappa shape index (κ2) is 14.5. The SMILES string of the molecule is Cc1cc(CC(=O)N2CCC[C@@H]2C(=O)Nc2ccc(/C=C/c3ccc(NC(=O)[C@H]4CCCN4C(=O)Cc4cc(C)no4)cc3)cc2)on1. The molecule has 0 saturated carbocycles. The summed E-state index contributed by atoms with van der Waals surface area (Å²) in [4.78, 5) is 55.1. The highest BCUT2D eigenvalue weighted by Gasteiger charge is 2.35. The van der Waals surface area contributed by atoms with Crippen molar-refractivity contribution >= 4 is 47.2 Å². The Kier molecular flexibility index (Phi) is 9.79. The molecule has 0 bridgehead atoms. The number of carbonyl (C=O) groups excluding carboxylic acids is 4. The molecule has 4 heterocycles. The normalized spacial score (nSPS) is 17.6. The van der Waals surface area contributed by atoms with E-state index in [0.717, 1.165) is 24.0 Å². The summed E-state index contributed by atoms with van der Waals surface area (Å²) in [6.07, 6.45) is 6.83. The highest BCUT2D eigenvalue weighted by Crippen LogP contribution is 2.23. The van der Waals surface area contributed by atoms with Crippen molar-refractivity contribution in [2.24, 2.45) is 0 Å². The molecule has 6 rings (SSSR count). The third-order valence-electron chi connectivity index (χ3n) is 8.58. The lowest BCUT2D eigenvalue weighted by atomic mass is 10.1. The number of likely N-dealkylation sites (tertiary alicyclic amines) is 2. The van der Waals surface area contributed by atoms with Crippen molar-refractivity contribution in [1.29, 1.82) is 0 Å². The molecular weight excluding hydrogens is 612 g/mol. The van der Waals surface area contributed by atoms with E-state index in [-0.39, 0.29) is 36.5 Å². The molecule has 12 nitrogen and oxygen atoms in total. The Morgan fingerprint density at radius 3 is 1.44 bits per heavy atom. The van der Waals surface area contributed by atoms with Gasteiger partial charge in [-0.25, -0.2) is 0 Å². The molecule has 0 radical (unpaired) electrons. The number of rotatable bonds is 10. The van der Waals surface area contributed by atoms with Crippen LogP contribution in [0.1, 0.15) is 59.7 Å². The van der Waals surface area contributed by atoms with Crippen molar-refractivity contribution in [2.45, 2.75) is 64.5 Å². The Morgan fingerprint density at radius 1 is 0.688 bits per heavy atom. The van der Waals surface area contributed by atoms with Crippen molar-refractivity contribution in [3.05, 3.63) is 94.7 Å². The van der Waals surface area contributed by atoms with E-state index in [4.69, 9.17) is 9.05 Å². The minimum atomic E-state index is -0.525. The quantitative estimate of drug-likeness (QED) is 0.233. The third kappa shape index (κ3) is 7.88. The smallest absolute Gasteiger partial charge is 0.247 e. The maximum absolute atomic E-state index is 13.1. The Balaban J connectivity index is 0.984. The van der Waals surface area contributed by atoms with Crippen LogP contribution in [0.2, 0.25) is 0 Å². The number of hydrogen-bond donors (Lipinski definition) is 2. The van der Waals surface area contributed by atoms with E-state index in [9.17, 15) is 19.2 Å². The van der Waals surface area contributed by atoms with Crippen molar-refractivity contribution in [3.8, 4) is 0 Å². The molecule has 4 aromatic rings. The maximum atomic E-state index is 13.1. The number of benzene rings is 2. The first-order valence-corrected chi connectivity index (χ1v) is 16.1. The number of nitrogens with one attached hydrogen (secondary N) is 2. The molecule has 0 spiro atoms. The van der Waals surface area contributed by atoms with Crippen molar-refractivity contribution in [1.82, 2.24) is 20.1 Å². The average Bonchev–Trinajstić information content (AvgIpc) is 3.90. The first-order valence-electron chi connectivity index (χ1n) is 16.1. The van der Waals surface area contributed by atoms with E-state index >= 15 is 0 Å². The largest absolute Gasteiger partial charge is 0.361 e. The number of anilines is 2. The van der Waals surface area contributed by atoms with Crippen LogP contribution in [0.25, 0.3) is 12.2 Å². The number of aryl methyl sites for hydroxylation is 2. The minimum Gasteiger partial charge on any atom is -0.361 e. The average molecular weight is 651 g/mol. The second-order valence-corrected chi connectivity index (χ2v) is 12.3. The van der Waals surface area contributed by atoms with Gasteiger partial charge in [0.1, 0.15) is 23.6 Å². The van der Waals surface area contributed by atoms with Gasteiger partial charge in [-0.15, -0.1) is 0 Å². The van der Waals surface area contributed by atoms with Gasteiger partial charge >= 0.3 is 0 Å². The van der Waals surface area contributed by atoms with Gasteiger partial charge in [0.15, 0.2) is 0 Å². The molecule has 2 N–H and O–H groups in total. The van der Waals surface area contributed by atoms with Gasteiger partial charge < -0.3 is 29.5 Å². The molecular formula is C36H38N6O6. The first-order chi connectivity index (χ1) is 23.2. The Morgan fingerprint density at radius 2 is 1.08 bits per heavy atom. The van der Waals surface area contributed by atoms with Crippen LogP contribution >= 0.6 is 0 Å². The lowest BCUT2D eigenvalue weighted by Gasteiger charge is -2.23. The number of nitrogens with zero attached hydrogens (tertiary/aromatic N) is 4. The van der Waals surface area contributed by atoms with Gasteiger partial charge in [-0.3, -0.25) is 19.2 Å². The second-order valence-electron chi connectivity index (χ2n) is 12.3. The lowest BCUT2D eigenvalue weighted by Crippen LogP contribution is -2.43. The molecule has 2 saturated heterocycles. The van der Waals surface area contributed by atoms with Crippen molar-refractivity contribution in [2.75, 3.05) is 23.7 Å². The molecule has 2 aliphatic rings. The van der Waals surface area contributed by atoms with E-state index < -0.39 is 12.1 Å². The molecule has 2 aromatic carbocycles. The predicted octanol–water partition coefficient (Wildman–Crippen LogP) is 4.79. The van der Waals surface area contributed by atoms with Crippen LogP contribution in [0.5, 0.6) is 0 Å². The summed E-state index contributed by atoms with van der Waals surface area (Å²) in [6, 6.07) is 17.4. The monoisotopic (exact) mass is 650 g/mol. The van der Waals surface area contributed by atoms with Gasteiger partial charge in [-0.1, -0.05) is 46.7 Å². The zero-order valence-electron chi connectivity index (χ0n) is 27.0. The molecule has 2 fully saturated rings. The standard InChI is InChI=1S/C36H38N6O6/c1-23-19-29(47-39-23)21-33(43)41-17-3-5-31(41)35(45)37-27-13-9-25(10-14-27)7-8-26-11-15-28(16-12-26)38-36(46)32-6-4-18-42(32)34(44)22-30-20-24(2)40-48-30/h7-16,19-20,31-32H,3-6,17-18,21-22H2,1-2H3,(H,37,45)(H,38,46)/b8-7+/t31-,32-/m1/s1. The van der Waals surface area contributed by atoms with E-state index in [0.29, 0.717) is 60.2 Å². The highest BCUT2D eigenvalue weighted by molar-refractivity contribution is 5.98. The fourth-order valence-electron chi connectivity index (χ4n) is 6.17. The summed E-state index contributed by atoms with van der Waals surface area (Å²) < 4.78 is 10.3. The van der Waals surface area contributed by atoms with E-state index in [2.05, 4.69) is 20.9 Å². The molecule has 12 heteroatoms. The number of carbonyl (C=O) groups is 4. The van der Waals surface area contributed by atoms with Crippen LogP contribution in [-0.2, 0) is 32.0 Å². The summed E-state index contributed by atoms with van der Waals surface area (Å²) in [5.74, 6) is 0.263. The molecule has 48 heavy (non-hydrogen) atoms. The van der Waals surface area contributed by atoms with E-state index in [1.54, 1.807) is 35.8 Å². The zero-order chi connectivity index (χ0) is 33.6. The summed E-state index contributed by atoms with van der Waals surface area (Å²) in [7, 11) is 0. The fraction of sp³-hybridized carbons (Fsp3) is 0.333. The van der Waals surface area contributed by atoms with Gasteiger partial charge in [0.05, 0.1) is 24.2 Å². The minimum absolute atomic E-state index is 0.0796. The summed E-state index contributed by atoms with van der Waals surface area (Å²) >= 11 is 0. The van der Waals surface area contributed by atoms with E-state index in [1.165, 1.54) is 0 Å². The summed E-state index contributed by atoms with van der Waals surface area (Å²) in [5, 5.41) is 13.5. The molecule has 4 amide bonds. The van der Waals surface area contributed by atoms with Crippen LogP contribution in [0.3, 0.4) is 0 Å². The van der Waals surface area contributed by atoms with Gasteiger partial charge in [-0.05, 0) is 74.9 Å². The number of amides is 4. The summed E-state index contributed by atoms with van der Waals surface area (Å²) in [5.41, 5.74) is 4.61. The fourth-order valence-corrected chi connectivity index (χ4v) is 6.17. The van der Waals surface area contributed by atoms with Gasteiger partial charge in [0.25, 0.3) is 0 Å². The number of hydrogen-bond acceptors (Lipinski definition) is 8. The van der Waals surface area contributed by atoms with Crippen LogP contribution in [0.4, 0.5) is 11.4 Å². The van der Waals surface area contributed by atoms with Gasteiger partial charge in [0.2, 0.25) is 23.6 Å². The van der Waals surface area contributed by atoms with E-state index in [1.807, 2.05) is 60.7 Å². The number of aromatic nitrogens is 2. The van der Waals surface area contributed by atoms with Crippen LogP contribution in [0, 0.1) is 13.8 Å². The van der Waals surface area contributed by atoms with Gasteiger partial charge in [0, 0.05) is 36.6 Å². The molecule has 0 aliphatic carbocycles. The predicted molar refractivity (Wildman–Crippen MR) is 178 cm³/mol. The topological polar surface area (TPSA) is 151 Å². The molecule has 248 valence electrons. The third-order valence-corrected chi connectivity index (χ3v) is 8.58. The molecule has 2 atom stereocenters. The highest BCUT2D eigenvalue weighted by atomic mass is 16.5. The Hall–Kier alpha value is -5.52. The lowest BCUT2D eigenvalue weighted by molar-refractivity contribution is -0.136. The van der Waals surface area contributed by atoms with Gasteiger partial charge in [-0.2, -0.15) is 0 Å². The van der Waals surface area contributed by atoms with Crippen LogP contribution in [-0.4, -0.2) is 68.9 Å². The maximum Gasteiger partial charge on any atom is 0.247 e. The summed E-state index contributed by atoms with van der Waals surface area (Å²) in [6.45, 7) is 4.66. The van der Waals surface area contributed by atoms with Crippen molar-refractivity contribution < 1.29 is 28.2 Å². The first kappa shape index (κ1) is 32.4. The molecule has 2 aromatic heterocycles.